The fraction of sp³-hybridized carbons (Fsp3) is 0.179. The summed E-state index contributed by atoms with van der Waals surface area (Å²) in [6.45, 7) is 1.98. The molecule has 0 fully saturated rings. The van der Waals surface area contributed by atoms with Crippen LogP contribution in [0.4, 0.5) is 4.39 Å². The van der Waals surface area contributed by atoms with E-state index in [2.05, 4.69) is 11.4 Å². The number of rotatable bonds is 8. The molecule has 182 valence electrons. The second-order valence-electron chi connectivity index (χ2n) is 8.12. The van der Waals surface area contributed by atoms with Crippen LogP contribution in [0.5, 0.6) is 11.5 Å². The lowest BCUT2D eigenvalue weighted by atomic mass is 9.96. The Labute approximate surface area is 207 Å². The number of nitriles is 1. The van der Waals surface area contributed by atoms with Crippen molar-refractivity contribution < 1.29 is 18.7 Å². The van der Waals surface area contributed by atoms with Gasteiger partial charge in [0.25, 0.3) is 5.56 Å². The number of methoxy groups -OCH3 is 1. The quantitative estimate of drug-likeness (QED) is 0.296. The van der Waals surface area contributed by atoms with Gasteiger partial charge in [-0.25, -0.2) is 9.18 Å². The molecule has 0 aliphatic carbocycles. The van der Waals surface area contributed by atoms with E-state index in [4.69, 9.17) is 9.47 Å². The van der Waals surface area contributed by atoms with Crippen molar-refractivity contribution in [3.8, 4) is 28.7 Å². The number of para-hydroxylation sites is 1. The minimum absolute atomic E-state index is 0.0904. The number of halogens is 1. The number of hydrogen-bond acceptors (Lipinski definition) is 6. The van der Waals surface area contributed by atoms with Crippen LogP contribution in [0, 0.1) is 17.1 Å². The summed E-state index contributed by atoms with van der Waals surface area (Å²) < 4.78 is 26.1. The van der Waals surface area contributed by atoms with E-state index >= 15 is 0 Å². The summed E-state index contributed by atoms with van der Waals surface area (Å²) in [5.74, 6) is 0.00940. The van der Waals surface area contributed by atoms with Gasteiger partial charge in [-0.15, -0.1) is 0 Å². The molecule has 0 saturated carbocycles. The first-order valence-electron chi connectivity index (χ1n) is 11.3. The van der Waals surface area contributed by atoms with Crippen molar-refractivity contribution in [2.24, 2.45) is 0 Å². The average molecular weight is 486 g/mol. The zero-order valence-electron chi connectivity index (χ0n) is 19.8. The van der Waals surface area contributed by atoms with Gasteiger partial charge in [0.05, 0.1) is 7.11 Å². The van der Waals surface area contributed by atoms with E-state index in [0.29, 0.717) is 33.4 Å². The third-order valence-corrected chi connectivity index (χ3v) is 5.80. The summed E-state index contributed by atoms with van der Waals surface area (Å²) in [4.78, 5) is 25.8. The van der Waals surface area contributed by atoms with E-state index in [1.807, 2.05) is 6.07 Å². The SMILES string of the molecule is COc1ccc2c(=O)n(CCN[C@H](C)C(=O)Oc3ccccc3)c(C#N)c(-c3cccc(F)c3)c2c1. The topological polar surface area (TPSA) is 93.3 Å². The number of carbonyl (C=O) groups excluding carboxylic acids is 1. The Bertz CT molecular complexity index is 1510. The average Bonchev–Trinajstić information content (AvgIpc) is 2.89. The van der Waals surface area contributed by atoms with Crippen LogP contribution in [0.1, 0.15) is 12.6 Å². The predicted octanol–water partition coefficient (Wildman–Crippen LogP) is 4.27. The fourth-order valence-electron chi connectivity index (χ4n) is 3.99. The molecule has 4 aromatic rings. The Hall–Kier alpha value is -4.48. The van der Waals surface area contributed by atoms with Crippen molar-refractivity contribution in [3.05, 3.63) is 94.7 Å². The first-order valence-corrected chi connectivity index (χ1v) is 11.3. The maximum atomic E-state index is 14.1. The molecule has 1 aromatic heterocycles. The molecule has 0 spiro atoms. The minimum atomic E-state index is -0.654. The van der Waals surface area contributed by atoms with Gasteiger partial charge in [-0.2, -0.15) is 5.26 Å². The second-order valence-corrected chi connectivity index (χ2v) is 8.12. The largest absolute Gasteiger partial charge is 0.497 e. The minimum Gasteiger partial charge on any atom is -0.497 e. The molecule has 7 nitrogen and oxygen atoms in total. The van der Waals surface area contributed by atoms with Crippen molar-refractivity contribution in [2.75, 3.05) is 13.7 Å². The number of ether oxygens (including phenoxy) is 2. The van der Waals surface area contributed by atoms with Gasteiger partial charge < -0.3 is 14.8 Å². The molecule has 1 atom stereocenters. The monoisotopic (exact) mass is 485 g/mol. The van der Waals surface area contributed by atoms with Crippen molar-refractivity contribution >= 4 is 16.7 Å². The summed E-state index contributed by atoms with van der Waals surface area (Å²) >= 11 is 0. The molecule has 0 aliphatic heterocycles. The molecule has 0 saturated heterocycles. The smallest absolute Gasteiger partial charge is 0.328 e. The second kappa shape index (κ2) is 10.8. The molecule has 0 radical (unpaired) electrons. The van der Waals surface area contributed by atoms with Gasteiger partial charge in [-0.1, -0.05) is 30.3 Å². The highest BCUT2D eigenvalue weighted by molar-refractivity contribution is 5.99. The normalized spacial score (nSPS) is 11.6. The summed E-state index contributed by atoms with van der Waals surface area (Å²) in [5, 5.41) is 14.0. The van der Waals surface area contributed by atoms with Crippen LogP contribution in [0.3, 0.4) is 0 Å². The van der Waals surface area contributed by atoms with Gasteiger partial charge in [0.15, 0.2) is 0 Å². The van der Waals surface area contributed by atoms with Crippen molar-refractivity contribution in [2.45, 2.75) is 19.5 Å². The maximum Gasteiger partial charge on any atom is 0.328 e. The molecule has 0 unspecified atom stereocenters. The van der Waals surface area contributed by atoms with E-state index in [0.717, 1.165) is 0 Å². The first-order chi connectivity index (χ1) is 17.4. The number of carbonyl (C=O) groups is 1. The van der Waals surface area contributed by atoms with E-state index in [1.165, 1.54) is 23.8 Å². The summed E-state index contributed by atoms with van der Waals surface area (Å²) in [6, 6.07) is 21.0. The first kappa shape index (κ1) is 24.6. The Morgan fingerprint density at radius 1 is 1.06 bits per heavy atom. The van der Waals surface area contributed by atoms with Gasteiger partial charge in [0.2, 0.25) is 0 Å². The van der Waals surface area contributed by atoms with Gasteiger partial charge >= 0.3 is 5.97 Å². The predicted molar refractivity (Wildman–Crippen MR) is 134 cm³/mol. The van der Waals surface area contributed by atoms with Crippen LogP contribution < -0.4 is 20.3 Å². The lowest BCUT2D eigenvalue weighted by molar-refractivity contribution is -0.136. The molecule has 0 bridgehead atoms. The molecule has 1 heterocycles. The standard InChI is InChI=1S/C28H24FN3O4/c1-18(28(34)36-21-9-4-3-5-10-21)31-13-14-32-25(17-30)26(19-7-6-8-20(29)15-19)24-16-22(35-2)11-12-23(24)27(32)33/h3-12,15-16,18,31H,13-14H2,1-2H3/t18-/m1/s1. The number of nitrogens with one attached hydrogen (secondary N) is 1. The lowest BCUT2D eigenvalue weighted by Crippen LogP contribution is -2.40. The van der Waals surface area contributed by atoms with Crippen LogP contribution >= 0.6 is 0 Å². The third-order valence-electron chi connectivity index (χ3n) is 5.80. The molecule has 8 heteroatoms. The summed E-state index contributed by atoms with van der Waals surface area (Å²) in [6.07, 6.45) is 0. The zero-order valence-corrected chi connectivity index (χ0v) is 19.8. The van der Waals surface area contributed by atoms with Crippen molar-refractivity contribution in [1.29, 1.82) is 5.26 Å². The van der Waals surface area contributed by atoms with Gasteiger partial charge in [-0.3, -0.25) is 9.36 Å². The highest BCUT2D eigenvalue weighted by Crippen LogP contribution is 2.33. The Morgan fingerprint density at radius 3 is 2.53 bits per heavy atom. The highest BCUT2D eigenvalue weighted by Gasteiger charge is 2.20. The Kier molecular flexibility index (Phi) is 7.42. The molecular formula is C28H24FN3O4. The molecule has 4 rings (SSSR count). The van der Waals surface area contributed by atoms with Crippen LogP contribution in [0.25, 0.3) is 21.9 Å². The van der Waals surface area contributed by atoms with Crippen molar-refractivity contribution in [3.63, 3.8) is 0 Å². The lowest BCUT2D eigenvalue weighted by Gasteiger charge is -2.18. The number of hydrogen-bond donors (Lipinski definition) is 1. The number of benzene rings is 3. The molecule has 0 amide bonds. The molecule has 3 aromatic carbocycles. The summed E-state index contributed by atoms with van der Waals surface area (Å²) in [7, 11) is 1.51. The van der Waals surface area contributed by atoms with Crippen molar-refractivity contribution in [1.82, 2.24) is 9.88 Å². The van der Waals surface area contributed by atoms with E-state index in [-0.39, 0.29) is 24.3 Å². The van der Waals surface area contributed by atoms with Gasteiger partial charge in [0, 0.05) is 29.4 Å². The summed E-state index contributed by atoms with van der Waals surface area (Å²) in [5.41, 5.74) is 0.617. The van der Waals surface area contributed by atoms with Crippen LogP contribution in [0.2, 0.25) is 0 Å². The van der Waals surface area contributed by atoms with Crippen LogP contribution in [-0.4, -0.2) is 30.2 Å². The number of fused-ring (bicyclic) bond motifs is 1. The fourth-order valence-corrected chi connectivity index (χ4v) is 3.99. The third kappa shape index (κ3) is 5.11. The molecule has 0 aliphatic rings. The van der Waals surface area contributed by atoms with E-state index in [1.54, 1.807) is 61.5 Å². The zero-order chi connectivity index (χ0) is 25.7. The van der Waals surface area contributed by atoms with Gasteiger partial charge in [-0.05, 0) is 55.0 Å². The van der Waals surface area contributed by atoms with E-state index < -0.39 is 17.8 Å². The van der Waals surface area contributed by atoms with Crippen LogP contribution in [0.15, 0.2) is 77.6 Å². The number of nitrogens with zero attached hydrogens (tertiary/aromatic N) is 2. The Balaban J connectivity index is 1.67. The van der Waals surface area contributed by atoms with Gasteiger partial charge in [0.1, 0.15) is 35.1 Å². The van der Waals surface area contributed by atoms with E-state index in [9.17, 15) is 19.2 Å². The Morgan fingerprint density at radius 2 is 1.83 bits per heavy atom. The molecule has 1 N–H and O–H groups in total. The number of pyridine rings is 1. The number of aromatic nitrogens is 1. The molecule has 36 heavy (non-hydrogen) atoms. The number of esters is 1. The van der Waals surface area contributed by atoms with Crippen LogP contribution in [-0.2, 0) is 11.3 Å². The maximum absolute atomic E-state index is 14.1. The molecular weight excluding hydrogens is 461 g/mol. The highest BCUT2D eigenvalue weighted by atomic mass is 19.1.